The van der Waals surface area contributed by atoms with E-state index in [0.29, 0.717) is 22.0 Å². The summed E-state index contributed by atoms with van der Waals surface area (Å²) in [5.41, 5.74) is 1.28. The number of hydrogen-bond donors (Lipinski definition) is 2. The maximum Gasteiger partial charge on any atom is 0.261 e. The number of anilines is 2. The second kappa shape index (κ2) is 7.59. The smallest absolute Gasteiger partial charge is 0.261 e. The molecule has 0 saturated heterocycles. The summed E-state index contributed by atoms with van der Waals surface area (Å²) < 4.78 is 27.3. The zero-order valence-corrected chi connectivity index (χ0v) is 15.1. The molecule has 0 aliphatic carbocycles. The van der Waals surface area contributed by atoms with Crippen LogP contribution in [0, 0.1) is 0 Å². The van der Waals surface area contributed by atoms with E-state index in [1.807, 2.05) is 0 Å². The zero-order chi connectivity index (χ0) is 18.6. The summed E-state index contributed by atoms with van der Waals surface area (Å²) in [5.74, 6) is -0.377. The highest BCUT2D eigenvalue weighted by molar-refractivity contribution is 7.92. The van der Waals surface area contributed by atoms with E-state index in [0.717, 1.165) is 0 Å². The van der Waals surface area contributed by atoms with Gasteiger partial charge in [0.1, 0.15) is 0 Å². The number of halogens is 1. The normalized spacial score (nSPS) is 11.0. The molecule has 0 radical (unpaired) electrons. The van der Waals surface area contributed by atoms with Crippen LogP contribution in [0.25, 0.3) is 0 Å². The van der Waals surface area contributed by atoms with Crippen LogP contribution in [0.4, 0.5) is 11.4 Å². The standard InChI is InChI=1S/C19H15ClN2O3S/c20-17-8-4-5-9-18(17)21-19(23)14-10-12-16(13-11-14)26(24,25)22-15-6-2-1-3-7-15/h1-13,22H,(H,21,23). The minimum Gasteiger partial charge on any atom is -0.321 e. The Bertz CT molecular complexity index is 1020. The molecule has 3 aromatic carbocycles. The lowest BCUT2D eigenvalue weighted by Gasteiger charge is -2.09. The Morgan fingerprint density at radius 2 is 1.42 bits per heavy atom. The van der Waals surface area contributed by atoms with Crippen LogP contribution in [-0.2, 0) is 10.0 Å². The molecule has 5 nitrogen and oxygen atoms in total. The Labute approximate surface area is 156 Å². The van der Waals surface area contributed by atoms with Crippen LogP contribution in [-0.4, -0.2) is 14.3 Å². The molecule has 0 unspecified atom stereocenters. The van der Waals surface area contributed by atoms with E-state index in [9.17, 15) is 13.2 Å². The van der Waals surface area contributed by atoms with Crippen molar-refractivity contribution in [3.63, 3.8) is 0 Å². The molecule has 2 N–H and O–H groups in total. The SMILES string of the molecule is O=C(Nc1ccccc1Cl)c1ccc(S(=O)(=O)Nc2ccccc2)cc1. The first kappa shape index (κ1) is 18.0. The minimum atomic E-state index is -3.72. The molecule has 0 bridgehead atoms. The number of rotatable bonds is 5. The molecule has 26 heavy (non-hydrogen) atoms. The van der Waals surface area contributed by atoms with Crippen molar-refractivity contribution in [2.45, 2.75) is 4.90 Å². The van der Waals surface area contributed by atoms with E-state index in [-0.39, 0.29) is 10.8 Å². The maximum absolute atomic E-state index is 12.4. The second-order valence-corrected chi connectivity index (χ2v) is 7.52. The number of para-hydroxylation sites is 2. The predicted molar refractivity (Wildman–Crippen MR) is 103 cm³/mol. The van der Waals surface area contributed by atoms with E-state index in [1.54, 1.807) is 54.6 Å². The van der Waals surface area contributed by atoms with Crippen LogP contribution in [0.2, 0.25) is 5.02 Å². The van der Waals surface area contributed by atoms with Crippen molar-refractivity contribution in [1.82, 2.24) is 0 Å². The molecule has 1 amide bonds. The number of nitrogens with one attached hydrogen (secondary N) is 2. The number of carbonyl (C=O) groups is 1. The van der Waals surface area contributed by atoms with Crippen LogP contribution in [0.15, 0.2) is 83.8 Å². The molecular formula is C19H15ClN2O3S. The zero-order valence-electron chi connectivity index (χ0n) is 13.5. The molecule has 3 aromatic rings. The van der Waals surface area contributed by atoms with Crippen molar-refractivity contribution in [2.75, 3.05) is 10.0 Å². The van der Waals surface area contributed by atoms with Gasteiger partial charge in [-0.3, -0.25) is 9.52 Å². The van der Waals surface area contributed by atoms with Crippen LogP contribution in [0.5, 0.6) is 0 Å². The van der Waals surface area contributed by atoms with Gasteiger partial charge in [0.25, 0.3) is 15.9 Å². The van der Waals surface area contributed by atoms with Crippen molar-refractivity contribution in [2.24, 2.45) is 0 Å². The molecule has 0 atom stereocenters. The van der Waals surface area contributed by atoms with E-state index in [2.05, 4.69) is 10.0 Å². The lowest BCUT2D eigenvalue weighted by Crippen LogP contribution is -2.15. The number of sulfonamides is 1. The molecule has 0 aromatic heterocycles. The van der Waals surface area contributed by atoms with Crippen molar-refractivity contribution < 1.29 is 13.2 Å². The van der Waals surface area contributed by atoms with Gasteiger partial charge in [-0.1, -0.05) is 41.9 Å². The summed E-state index contributed by atoms with van der Waals surface area (Å²) in [4.78, 5) is 12.3. The molecule has 0 spiro atoms. The average Bonchev–Trinajstić information content (AvgIpc) is 2.64. The van der Waals surface area contributed by atoms with Gasteiger partial charge in [0.2, 0.25) is 0 Å². The van der Waals surface area contributed by atoms with Crippen molar-refractivity contribution >= 4 is 38.9 Å². The molecule has 0 aliphatic rings. The van der Waals surface area contributed by atoms with Crippen molar-refractivity contribution in [1.29, 1.82) is 0 Å². The van der Waals surface area contributed by atoms with Crippen LogP contribution in [0.1, 0.15) is 10.4 Å². The Hall–Kier alpha value is -2.83. The third-order valence-corrected chi connectivity index (χ3v) is 5.30. The summed E-state index contributed by atoms with van der Waals surface area (Å²) in [6.07, 6.45) is 0. The fraction of sp³-hybridized carbons (Fsp3) is 0. The molecule has 7 heteroatoms. The fourth-order valence-electron chi connectivity index (χ4n) is 2.26. The molecule has 132 valence electrons. The fourth-order valence-corrected chi connectivity index (χ4v) is 3.50. The number of amides is 1. The molecule has 0 heterocycles. The summed E-state index contributed by atoms with van der Waals surface area (Å²) >= 11 is 6.02. The van der Waals surface area contributed by atoms with Gasteiger partial charge < -0.3 is 5.32 Å². The highest BCUT2D eigenvalue weighted by Gasteiger charge is 2.15. The highest BCUT2D eigenvalue weighted by Crippen LogP contribution is 2.22. The predicted octanol–water partition coefficient (Wildman–Crippen LogP) is 4.39. The Kier molecular flexibility index (Phi) is 5.25. The van der Waals surface area contributed by atoms with Crippen LogP contribution in [0.3, 0.4) is 0 Å². The quantitative estimate of drug-likeness (QED) is 0.682. The Morgan fingerprint density at radius 1 is 0.808 bits per heavy atom. The van der Waals surface area contributed by atoms with E-state index < -0.39 is 10.0 Å². The topological polar surface area (TPSA) is 75.3 Å². The van der Waals surface area contributed by atoms with Gasteiger partial charge in [0, 0.05) is 11.3 Å². The summed E-state index contributed by atoms with van der Waals surface area (Å²) in [6, 6.07) is 21.1. The molecule has 0 aliphatic heterocycles. The van der Waals surface area contributed by atoms with Crippen molar-refractivity contribution in [3.8, 4) is 0 Å². The molecule has 0 saturated carbocycles. The maximum atomic E-state index is 12.4. The first-order valence-corrected chi connectivity index (χ1v) is 9.56. The third-order valence-electron chi connectivity index (χ3n) is 3.57. The largest absolute Gasteiger partial charge is 0.321 e. The van der Waals surface area contributed by atoms with Crippen LogP contribution < -0.4 is 10.0 Å². The Balaban J connectivity index is 1.75. The van der Waals surface area contributed by atoms with Crippen LogP contribution >= 0.6 is 11.6 Å². The highest BCUT2D eigenvalue weighted by atomic mass is 35.5. The first-order chi connectivity index (χ1) is 12.5. The first-order valence-electron chi connectivity index (χ1n) is 7.69. The van der Waals surface area contributed by atoms with Gasteiger partial charge in [-0.15, -0.1) is 0 Å². The van der Waals surface area contributed by atoms with Gasteiger partial charge in [-0.05, 0) is 48.5 Å². The van der Waals surface area contributed by atoms with Gasteiger partial charge in [0.15, 0.2) is 0 Å². The number of carbonyl (C=O) groups excluding carboxylic acids is 1. The van der Waals surface area contributed by atoms with Gasteiger partial charge >= 0.3 is 0 Å². The monoisotopic (exact) mass is 386 g/mol. The third kappa shape index (κ3) is 4.22. The lowest BCUT2D eigenvalue weighted by molar-refractivity contribution is 0.102. The average molecular weight is 387 g/mol. The summed E-state index contributed by atoms with van der Waals surface area (Å²) in [7, 11) is -3.72. The molecule has 0 fully saturated rings. The van der Waals surface area contributed by atoms with Crippen molar-refractivity contribution in [3.05, 3.63) is 89.4 Å². The Morgan fingerprint density at radius 3 is 2.08 bits per heavy atom. The van der Waals surface area contributed by atoms with Gasteiger partial charge in [-0.25, -0.2) is 8.42 Å². The number of hydrogen-bond acceptors (Lipinski definition) is 3. The lowest BCUT2D eigenvalue weighted by atomic mass is 10.2. The van der Waals surface area contributed by atoms with Gasteiger partial charge in [-0.2, -0.15) is 0 Å². The second-order valence-electron chi connectivity index (χ2n) is 5.43. The van der Waals surface area contributed by atoms with E-state index >= 15 is 0 Å². The number of benzene rings is 3. The minimum absolute atomic E-state index is 0.0654. The van der Waals surface area contributed by atoms with E-state index in [1.165, 1.54) is 24.3 Å². The molecular weight excluding hydrogens is 372 g/mol. The summed E-state index contributed by atoms with van der Waals surface area (Å²) in [6.45, 7) is 0. The van der Waals surface area contributed by atoms with E-state index in [4.69, 9.17) is 11.6 Å². The summed E-state index contributed by atoms with van der Waals surface area (Å²) in [5, 5.41) is 3.11. The van der Waals surface area contributed by atoms with Gasteiger partial charge in [0.05, 0.1) is 15.6 Å². The molecule has 3 rings (SSSR count).